The van der Waals surface area contributed by atoms with Crippen molar-refractivity contribution in [1.82, 2.24) is 23.7 Å². The molecule has 0 spiro atoms. The van der Waals surface area contributed by atoms with E-state index in [4.69, 9.17) is 0 Å². The van der Waals surface area contributed by atoms with Crippen LogP contribution in [0.1, 0.15) is 12.0 Å². The molecule has 8 nitrogen and oxygen atoms in total. The van der Waals surface area contributed by atoms with Gasteiger partial charge in [0, 0.05) is 46.1 Å². The average molecular weight is 340 g/mol. The summed E-state index contributed by atoms with van der Waals surface area (Å²) in [4.78, 5) is 35.6. The molecule has 1 aliphatic rings. The Bertz CT molecular complexity index is 1050. The summed E-state index contributed by atoms with van der Waals surface area (Å²) in [5.41, 5.74) is 1.54. The molecule has 0 fully saturated rings. The summed E-state index contributed by atoms with van der Waals surface area (Å²) in [5.74, 6) is 0.772. The number of aryl methyl sites for hydroxylation is 2. The van der Waals surface area contributed by atoms with Crippen LogP contribution in [-0.4, -0.2) is 36.8 Å². The molecule has 0 saturated heterocycles. The Morgan fingerprint density at radius 2 is 1.84 bits per heavy atom. The third kappa shape index (κ3) is 2.45. The van der Waals surface area contributed by atoms with E-state index in [9.17, 15) is 9.59 Å². The van der Waals surface area contributed by atoms with Crippen molar-refractivity contribution in [3.05, 3.63) is 50.9 Å². The molecule has 0 unspecified atom stereocenters. The molecule has 0 amide bonds. The van der Waals surface area contributed by atoms with Crippen molar-refractivity contribution in [3.63, 3.8) is 0 Å². The van der Waals surface area contributed by atoms with Gasteiger partial charge in [-0.15, -0.1) is 0 Å². The monoisotopic (exact) mass is 340 g/mol. The van der Waals surface area contributed by atoms with Gasteiger partial charge in [-0.05, 0) is 30.5 Å². The molecule has 0 bridgehead atoms. The van der Waals surface area contributed by atoms with E-state index in [1.165, 1.54) is 17.2 Å². The van der Waals surface area contributed by atoms with Gasteiger partial charge in [0.2, 0.25) is 5.95 Å². The first-order chi connectivity index (χ1) is 12.1. The summed E-state index contributed by atoms with van der Waals surface area (Å²) in [5, 5.41) is 0. The standard InChI is InChI=1S/C17H20N6O2/c1-20-14-13(15(24)21(2)17(20)25)23-10-3-9-22(16(23)19-14)11-6-12-4-7-18-8-5-12/h4-5,7-8H,3,6,9-11H2,1-2H3. The lowest BCUT2D eigenvalue weighted by atomic mass is 10.2. The van der Waals surface area contributed by atoms with Crippen LogP contribution >= 0.6 is 0 Å². The molecule has 25 heavy (non-hydrogen) atoms. The maximum Gasteiger partial charge on any atom is 0.332 e. The molecule has 4 rings (SSSR count). The zero-order chi connectivity index (χ0) is 17.6. The highest BCUT2D eigenvalue weighted by atomic mass is 16.2. The normalized spacial score (nSPS) is 14.1. The molecule has 0 aliphatic carbocycles. The molecule has 3 aromatic rings. The summed E-state index contributed by atoms with van der Waals surface area (Å²) >= 11 is 0. The molecule has 3 aromatic heterocycles. The summed E-state index contributed by atoms with van der Waals surface area (Å²) in [6.45, 7) is 2.44. The Kier molecular flexibility index (Phi) is 3.67. The fraction of sp³-hybridized carbons (Fsp3) is 0.412. The first kappa shape index (κ1) is 15.6. The lowest BCUT2D eigenvalue weighted by Crippen LogP contribution is -2.38. The highest BCUT2D eigenvalue weighted by molar-refractivity contribution is 5.74. The number of fused-ring (bicyclic) bond motifs is 3. The van der Waals surface area contributed by atoms with Crippen LogP contribution < -0.4 is 16.1 Å². The van der Waals surface area contributed by atoms with Crippen LogP contribution in [0.4, 0.5) is 5.95 Å². The predicted octanol–water partition coefficient (Wildman–Crippen LogP) is 0.281. The van der Waals surface area contributed by atoms with E-state index in [2.05, 4.69) is 14.9 Å². The molecule has 8 heteroatoms. The van der Waals surface area contributed by atoms with Crippen molar-refractivity contribution in [2.75, 3.05) is 18.0 Å². The molecular weight excluding hydrogens is 320 g/mol. The predicted molar refractivity (Wildman–Crippen MR) is 95.0 cm³/mol. The third-order valence-corrected chi connectivity index (χ3v) is 4.84. The molecule has 0 saturated carbocycles. The van der Waals surface area contributed by atoms with E-state index in [-0.39, 0.29) is 11.2 Å². The number of hydrogen-bond acceptors (Lipinski definition) is 5. The van der Waals surface area contributed by atoms with Gasteiger partial charge in [0.1, 0.15) is 0 Å². The summed E-state index contributed by atoms with van der Waals surface area (Å²) in [6, 6.07) is 4.01. The Morgan fingerprint density at radius 3 is 2.60 bits per heavy atom. The van der Waals surface area contributed by atoms with Crippen molar-refractivity contribution in [3.8, 4) is 0 Å². The van der Waals surface area contributed by atoms with Crippen molar-refractivity contribution in [2.45, 2.75) is 19.4 Å². The maximum absolute atomic E-state index is 12.6. The molecule has 0 aromatic carbocycles. The van der Waals surface area contributed by atoms with Crippen molar-refractivity contribution in [2.24, 2.45) is 14.1 Å². The van der Waals surface area contributed by atoms with Gasteiger partial charge < -0.3 is 9.47 Å². The van der Waals surface area contributed by atoms with E-state index >= 15 is 0 Å². The van der Waals surface area contributed by atoms with Gasteiger partial charge in [-0.25, -0.2) is 4.79 Å². The van der Waals surface area contributed by atoms with Crippen molar-refractivity contribution < 1.29 is 0 Å². The first-order valence-corrected chi connectivity index (χ1v) is 8.38. The molecule has 1 aliphatic heterocycles. The second-order valence-electron chi connectivity index (χ2n) is 6.39. The topological polar surface area (TPSA) is 78.0 Å². The number of pyridine rings is 1. The van der Waals surface area contributed by atoms with E-state index in [1.807, 2.05) is 16.7 Å². The van der Waals surface area contributed by atoms with Crippen LogP contribution in [0.15, 0.2) is 34.1 Å². The van der Waals surface area contributed by atoms with Gasteiger partial charge in [0.05, 0.1) is 0 Å². The zero-order valence-electron chi connectivity index (χ0n) is 14.3. The van der Waals surface area contributed by atoms with Crippen LogP contribution in [0.25, 0.3) is 11.2 Å². The minimum atomic E-state index is -0.351. The van der Waals surface area contributed by atoms with Gasteiger partial charge in [-0.2, -0.15) is 4.98 Å². The van der Waals surface area contributed by atoms with Gasteiger partial charge in [0.25, 0.3) is 5.56 Å². The van der Waals surface area contributed by atoms with Gasteiger partial charge in [-0.1, -0.05) is 0 Å². The largest absolute Gasteiger partial charge is 0.342 e. The van der Waals surface area contributed by atoms with Crippen LogP contribution in [0, 0.1) is 0 Å². The van der Waals surface area contributed by atoms with Crippen LogP contribution in [0.2, 0.25) is 0 Å². The smallest absolute Gasteiger partial charge is 0.332 e. The number of imidazole rings is 1. The molecule has 4 heterocycles. The Morgan fingerprint density at radius 1 is 1.08 bits per heavy atom. The third-order valence-electron chi connectivity index (χ3n) is 4.84. The van der Waals surface area contributed by atoms with Gasteiger partial charge >= 0.3 is 5.69 Å². The van der Waals surface area contributed by atoms with Crippen molar-refractivity contribution >= 4 is 17.1 Å². The maximum atomic E-state index is 12.6. The lowest BCUT2D eigenvalue weighted by Gasteiger charge is -2.29. The highest BCUT2D eigenvalue weighted by Crippen LogP contribution is 2.24. The molecular formula is C17H20N6O2. The van der Waals surface area contributed by atoms with Crippen LogP contribution in [0.3, 0.4) is 0 Å². The lowest BCUT2D eigenvalue weighted by molar-refractivity contribution is 0.563. The van der Waals surface area contributed by atoms with E-state index in [1.54, 1.807) is 19.4 Å². The van der Waals surface area contributed by atoms with E-state index < -0.39 is 0 Å². The highest BCUT2D eigenvalue weighted by Gasteiger charge is 2.25. The summed E-state index contributed by atoms with van der Waals surface area (Å²) in [7, 11) is 3.17. The van der Waals surface area contributed by atoms with E-state index in [0.29, 0.717) is 11.2 Å². The first-order valence-electron chi connectivity index (χ1n) is 8.38. The number of aromatic nitrogens is 5. The minimum absolute atomic E-state index is 0.284. The summed E-state index contributed by atoms with van der Waals surface area (Å²) < 4.78 is 4.55. The average Bonchev–Trinajstić information content (AvgIpc) is 3.04. The SMILES string of the molecule is Cn1c(=O)c2c(nc3n2CCCN3CCc2ccncc2)n(C)c1=O. The Hall–Kier alpha value is -2.90. The van der Waals surface area contributed by atoms with Crippen molar-refractivity contribution in [1.29, 1.82) is 0 Å². The number of anilines is 1. The molecule has 130 valence electrons. The fourth-order valence-electron chi connectivity index (χ4n) is 3.43. The number of hydrogen-bond donors (Lipinski definition) is 0. The molecule has 0 radical (unpaired) electrons. The van der Waals surface area contributed by atoms with Gasteiger partial charge in [-0.3, -0.25) is 18.9 Å². The van der Waals surface area contributed by atoms with Gasteiger partial charge in [0.15, 0.2) is 11.2 Å². The van der Waals surface area contributed by atoms with Crippen LogP contribution in [0.5, 0.6) is 0 Å². The second-order valence-corrected chi connectivity index (χ2v) is 6.39. The second kappa shape index (κ2) is 5.87. The minimum Gasteiger partial charge on any atom is -0.342 e. The Balaban J connectivity index is 1.77. The number of nitrogens with zero attached hydrogens (tertiary/aromatic N) is 6. The number of rotatable bonds is 3. The fourth-order valence-corrected chi connectivity index (χ4v) is 3.43. The summed E-state index contributed by atoms with van der Waals surface area (Å²) in [6.07, 6.45) is 5.41. The van der Waals surface area contributed by atoms with E-state index in [0.717, 1.165) is 43.0 Å². The van der Waals surface area contributed by atoms with Crippen LogP contribution in [-0.2, 0) is 27.1 Å². The molecule has 0 atom stereocenters. The molecule has 0 N–H and O–H groups in total. The Labute approximate surface area is 144 Å². The zero-order valence-corrected chi connectivity index (χ0v) is 14.3. The quantitative estimate of drug-likeness (QED) is 0.684.